The molecule has 5 heteroatoms. The van der Waals surface area contributed by atoms with Crippen molar-refractivity contribution in [2.75, 3.05) is 25.5 Å². The summed E-state index contributed by atoms with van der Waals surface area (Å²) in [6.07, 6.45) is 7.64. The minimum Gasteiger partial charge on any atom is -0.381 e. The lowest BCUT2D eigenvalue weighted by Crippen LogP contribution is -2.58. The van der Waals surface area contributed by atoms with Gasteiger partial charge in [0, 0.05) is 18.5 Å². The van der Waals surface area contributed by atoms with Crippen LogP contribution in [0, 0.1) is 5.92 Å². The monoisotopic (exact) mass is 314 g/mol. The number of ether oxygens (including phenoxy) is 1. The number of hydrogen-bond donors (Lipinski definition) is 2. The molecule has 2 unspecified atom stereocenters. The highest BCUT2D eigenvalue weighted by Crippen LogP contribution is 2.39. The number of amides is 1. The number of carbonyl (C=O) groups is 1. The molecule has 2 rings (SSSR count). The lowest BCUT2D eigenvalue weighted by atomic mass is 9.84. The van der Waals surface area contributed by atoms with Crippen molar-refractivity contribution in [1.29, 1.82) is 0 Å². The first-order valence-corrected chi connectivity index (χ1v) is 9.48. The molecular weight excluding hydrogens is 284 g/mol. The van der Waals surface area contributed by atoms with Gasteiger partial charge >= 0.3 is 0 Å². The van der Waals surface area contributed by atoms with Gasteiger partial charge in [0.1, 0.15) is 5.54 Å². The lowest BCUT2D eigenvalue weighted by molar-refractivity contribution is -0.126. The van der Waals surface area contributed by atoms with Gasteiger partial charge in [0.05, 0.1) is 0 Å². The van der Waals surface area contributed by atoms with Crippen molar-refractivity contribution in [1.82, 2.24) is 5.32 Å². The van der Waals surface area contributed by atoms with E-state index in [9.17, 15) is 4.79 Å². The molecule has 2 aliphatic rings. The van der Waals surface area contributed by atoms with Crippen LogP contribution in [-0.2, 0) is 9.53 Å². The normalized spacial score (nSPS) is 30.6. The van der Waals surface area contributed by atoms with E-state index >= 15 is 0 Å². The quantitative estimate of drug-likeness (QED) is 0.721. The van der Waals surface area contributed by atoms with Crippen molar-refractivity contribution < 1.29 is 9.53 Å². The van der Waals surface area contributed by atoms with E-state index in [1.54, 1.807) is 0 Å². The topological polar surface area (TPSA) is 64.3 Å². The lowest BCUT2D eigenvalue weighted by Gasteiger charge is -2.34. The Labute approximate surface area is 132 Å². The van der Waals surface area contributed by atoms with Gasteiger partial charge in [-0.2, -0.15) is 11.8 Å². The van der Waals surface area contributed by atoms with E-state index in [0.717, 1.165) is 62.9 Å². The molecule has 1 saturated heterocycles. The van der Waals surface area contributed by atoms with Crippen LogP contribution in [0.1, 0.15) is 51.9 Å². The summed E-state index contributed by atoms with van der Waals surface area (Å²) in [5.41, 5.74) is 5.32. The van der Waals surface area contributed by atoms with E-state index in [-0.39, 0.29) is 5.91 Å². The Hall–Kier alpha value is -0.260. The Bertz CT molecular complexity index is 334. The first kappa shape index (κ1) is 17.1. The van der Waals surface area contributed by atoms with Crippen LogP contribution in [0.25, 0.3) is 0 Å². The summed E-state index contributed by atoms with van der Waals surface area (Å²) in [4.78, 5) is 12.0. The first-order valence-electron chi connectivity index (χ1n) is 8.43. The predicted octanol–water partition coefficient (Wildman–Crippen LogP) is 2.31. The number of rotatable bonds is 8. The van der Waals surface area contributed by atoms with Crippen molar-refractivity contribution in [2.45, 2.75) is 62.7 Å². The second-order valence-electron chi connectivity index (χ2n) is 6.32. The van der Waals surface area contributed by atoms with Crippen LogP contribution in [-0.4, -0.2) is 42.2 Å². The van der Waals surface area contributed by atoms with Gasteiger partial charge < -0.3 is 15.8 Å². The van der Waals surface area contributed by atoms with Gasteiger partial charge in [-0.25, -0.2) is 0 Å². The predicted molar refractivity (Wildman–Crippen MR) is 88.5 cm³/mol. The van der Waals surface area contributed by atoms with Gasteiger partial charge in [0.25, 0.3) is 0 Å². The highest BCUT2D eigenvalue weighted by molar-refractivity contribution is 7.99. The third-order valence-electron chi connectivity index (χ3n) is 4.94. The number of primary amides is 1. The minimum absolute atomic E-state index is 0.144. The third kappa shape index (κ3) is 4.36. The van der Waals surface area contributed by atoms with E-state index in [1.165, 1.54) is 12.8 Å². The molecule has 0 spiro atoms. The minimum atomic E-state index is -0.438. The molecule has 2 atom stereocenters. The maximum atomic E-state index is 12.0. The maximum absolute atomic E-state index is 12.0. The molecular formula is C16H30N2O2S. The van der Waals surface area contributed by atoms with Crippen molar-refractivity contribution in [3.05, 3.63) is 0 Å². The molecule has 1 aliphatic heterocycles. The van der Waals surface area contributed by atoms with Crippen LogP contribution >= 0.6 is 11.8 Å². The van der Waals surface area contributed by atoms with Crippen LogP contribution in [0.4, 0.5) is 0 Å². The summed E-state index contributed by atoms with van der Waals surface area (Å²) in [5, 5.41) is 4.22. The summed E-state index contributed by atoms with van der Waals surface area (Å²) in [6.45, 7) is 4.83. The molecule has 4 nitrogen and oxygen atoms in total. The zero-order valence-corrected chi connectivity index (χ0v) is 14.1. The van der Waals surface area contributed by atoms with Crippen molar-refractivity contribution in [3.8, 4) is 0 Å². The number of carbonyl (C=O) groups excluding carboxylic acids is 1. The average Bonchev–Trinajstić information content (AvgIpc) is 2.90. The number of hydrogen-bond acceptors (Lipinski definition) is 4. The summed E-state index contributed by atoms with van der Waals surface area (Å²) < 4.78 is 5.40. The summed E-state index contributed by atoms with van der Waals surface area (Å²) in [5.74, 6) is 1.40. The molecule has 0 aromatic carbocycles. The highest BCUT2D eigenvalue weighted by atomic mass is 32.2. The third-order valence-corrected chi connectivity index (χ3v) is 6.35. The fourth-order valence-electron chi connectivity index (χ4n) is 3.68. The molecule has 1 aliphatic carbocycles. The molecule has 1 saturated carbocycles. The maximum Gasteiger partial charge on any atom is 0.238 e. The van der Waals surface area contributed by atoms with Gasteiger partial charge in [-0.3, -0.25) is 4.79 Å². The number of nitrogens with one attached hydrogen (secondary N) is 1. The van der Waals surface area contributed by atoms with Crippen LogP contribution in [0.2, 0.25) is 0 Å². The fraction of sp³-hybridized carbons (Fsp3) is 0.938. The molecule has 0 aromatic heterocycles. The van der Waals surface area contributed by atoms with E-state index in [2.05, 4.69) is 24.0 Å². The van der Waals surface area contributed by atoms with Gasteiger partial charge in [-0.05, 0) is 56.7 Å². The van der Waals surface area contributed by atoms with E-state index < -0.39 is 5.54 Å². The van der Waals surface area contributed by atoms with Gasteiger partial charge in [0.2, 0.25) is 5.91 Å². The zero-order chi connectivity index (χ0) is 15.1. The smallest absolute Gasteiger partial charge is 0.238 e. The van der Waals surface area contributed by atoms with Crippen LogP contribution in [0.3, 0.4) is 0 Å². The molecule has 0 bridgehead atoms. The molecule has 3 N–H and O–H groups in total. The molecule has 21 heavy (non-hydrogen) atoms. The van der Waals surface area contributed by atoms with Crippen LogP contribution < -0.4 is 11.1 Å². The summed E-state index contributed by atoms with van der Waals surface area (Å²) in [7, 11) is 0. The van der Waals surface area contributed by atoms with Gasteiger partial charge in [-0.1, -0.05) is 13.3 Å². The first-order chi connectivity index (χ1) is 10.2. The number of thioether (sulfide) groups is 1. The second-order valence-corrected chi connectivity index (χ2v) is 7.73. The molecule has 0 aromatic rings. The molecule has 1 amide bonds. The van der Waals surface area contributed by atoms with Gasteiger partial charge in [0.15, 0.2) is 0 Å². The van der Waals surface area contributed by atoms with Crippen molar-refractivity contribution >= 4 is 17.7 Å². The Morgan fingerprint density at radius 3 is 2.81 bits per heavy atom. The largest absolute Gasteiger partial charge is 0.381 e. The Kier molecular flexibility index (Phi) is 6.83. The Morgan fingerprint density at radius 1 is 1.38 bits per heavy atom. The van der Waals surface area contributed by atoms with E-state index in [1.807, 2.05) is 0 Å². The van der Waals surface area contributed by atoms with Crippen molar-refractivity contribution in [3.63, 3.8) is 0 Å². The highest BCUT2D eigenvalue weighted by Gasteiger charge is 2.46. The van der Waals surface area contributed by atoms with E-state index in [0.29, 0.717) is 5.92 Å². The SMILES string of the molecule is CCCNC1(C(N)=O)CCCC1CCSC1CCOCC1. The Morgan fingerprint density at radius 2 is 2.14 bits per heavy atom. The Balaban J connectivity index is 1.83. The zero-order valence-electron chi connectivity index (χ0n) is 13.2. The standard InChI is InChI=1S/C16H30N2O2S/c1-2-9-18-16(15(17)19)8-3-4-13(16)7-12-21-14-5-10-20-11-6-14/h13-14,18H,2-12H2,1H3,(H2,17,19). The molecule has 2 fully saturated rings. The summed E-state index contributed by atoms with van der Waals surface area (Å²) >= 11 is 2.06. The summed E-state index contributed by atoms with van der Waals surface area (Å²) in [6, 6.07) is 0. The van der Waals surface area contributed by atoms with Gasteiger partial charge in [-0.15, -0.1) is 0 Å². The van der Waals surface area contributed by atoms with Crippen LogP contribution in [0.5, 0.6) is 0 Å². The molecule has 122 valence electrons. The van der Waals surface area contributed by atoms with Crippen LogP contribution in [0.15, 0.2) is 0 Å². The molecule has 1 heterocycles. The number of nitrogens with two attached hydrogens (primary N) is 1. The average molecular weight is 314 g/mol. The van der Waals surface area contributed by atoms with E-state index in [4.69, 9.17) is 10.5 Å². The second kappa shape index (κ2) is 8.39. The van der Waals surface area contributed by atoms with Crippen molar-refractivity contribution in [2.24, 2.45) is 11.7 Å². The molecule has 0 radical (unpaired) electrons. The fourth-order valence-corrected chi connectivity index (χ4v) is 4.96.